The molecule has 1 aromatic carbocycles. The summed E-state index contributed by atoms with van der Waals surface area (Å²) in [7, 11) is 0. The number of nitrogens with zero attached hydrogens (tertiary/aromatic N) is 2. The van der Waals surface area contributed by atoms with E-state index in [1.807, 2.05) is 29.1 Å². The molecule has 0 radical (unpaired) electrons. The summed E-state index contributed by atoms with van der Waals surface area (Å²) in [4.78, 5) is 0. The molecule has 96 valence electrons. The first-order valence-corrected chi connectivity index (χ1v) is 7.90. The van der Waals surface area contributed by atoms with Crippen LogP contribution >= 0.6 is 47.8 Å². The molecule has 0 atom stereocenters. The topological polar surface area (TPSA) is 29.9 Å². The van der Waals surface area contributed by atoms with Gasteiger partial charge in [-0.05, 0) is 56.6 Å². The second kappa shape index (κ2) is 6.32. The number of aromatic nitrogens is 2. The smallest absolute Gasteiger partial charge is 0.0930 e. The van der Waals surface area contributed by atoms with Crippen molar-refractivity contribution in [2.75, 3.05) is 6.54 Å². The van der Waals surface area contributed by atoms with E-state index in [4.69, 9.17) is 0 Å². The van der Waals surface area contributed by atoms with E-state index in [9.17, 15) is 0 Å². The van der Waals surface area contributed by atoms with Crippen molar-refractivity contribution in [1.29, 1.82) is 0 Å². The molecule has 1 N–H and O–H groups in total. The van der Waals surface area contributed by atoms with Crippen molar-refractivity contribution in [2.24, 2.45) is 0 Å². The van der Waals surface area contributed by atoms with Crippen molar-refractivity contribution in [3.05, 3.63) is 43.5 Å². The lowest BCUT2D eigenvalue weighted by Crippen LogP contribution is -2.12. The number of hydrogen-bond acceptors (Lipinski definition) is 2. The predicted molar refractivity (Wildman–Crippen MR) is 84.0 cm³/mol. The van der Waals surface area contributed by atoms with E-state index in [1.54, 1.807) is 0 Å². The molecule has 18 heavy (non-hydrogen) atoms. The molecular weight excluding hydrogens is 426 g/mol. The van der Waals surface area contributed by atoms with Crippen molar-refractivity contribution in [1.82, 2.24) is 15.1 Å². The molecule has 0 amide bonds. The minimum atomic E-state index is 0.787. The molecular formula is C12H12Br3N3. The normalized spacial score (nSPS) is 10.9. The molecule has 2 aromatic rings. The van der Waals surface area contributed by atoms with Crippen LogP contribution < -0.4 is 5.32 Å². The molecule has 3 nitrogen and oxygen atoms in total. The zero-order valence-corrected chi connectivity index (χ0v) is 14.5. The van der Waals surface area contributed by atoms with Crippen molar-refractivity contribution < 1.29 is 0 Å². The zero-order chi connectivity index (χ0) is 13.1. The Balaban J connectivity index is 2.34. The maximum Gasteiger partial charge on any atom is 0.0930 e. The molecule has 0 aliphatic carbocycles. The van der Waals surface area contributed by atoms with Crippen LogP contribution in [0.3, 0.4) is 0 Å². The van der Waals surface area contributed by atoms with E-state index < -0.39 is 0 Å². The number of halogens is 3. The van der Waals surface area contributed by atoms with E-state index in [0.29, 0.717) is 0 Å². The monoisotopic (exact) mass is 435 g/mol. The van der Waals surface area contributed by atoms with Gasteiger partial charge in [-0.3, -0.25) is 0 Å². The van der Waals surface area contributed by atoms with Crippen LogP contribution in [0.1, 0.15) is 12.6 Å². The second-order valence-corrected chi connectivity index (χ2v) is 6.37. The van der Waals surface area contributed by atoms with Gasteiger partial charge in [0.05, 0.1) is 11.4 Å². The summed E-state index contributed by atoms with van der Waals surface area (Å²) in [5.74, 6) is 0. The minimum Gasteiger partial charge on any atom is -0.311 e. The first-order chi connectivity index (χ1) is 8.61. The highest BCUT2D eigenvalue weighted by Gasteiger charge is 2.10. The molecule has 0 fully saturated rings. The Morgan fingerprint density at radius 1 is 1.22 bits per heavy atom. The molecule has 0 unspecified atom stereocenters. The Bertz CT molecular complexity index is 528. The Hall–Kier alpha value is -0.170. The van der Waals surface area contributed by atoms with Crippen LogP contribution in [-0.2, 0) is 6.54 Å². The van der Waals surface area contributed by atoms with Gasteiger partial charge < -0.3 is 5.32 Å². The maximum atomic E-state index is 4.55. The number of hydrogen-bond donors (Lipinski definition) is 1. The first-order valence-electron chi connectivity index (χ1n) is 5.52. The van der Waals surface area contributed by atoms with Gasteiger partial charge in [0.1, 0.15) is 0 Å². The largest absolute Gasteiger partial charge is 0.311 e. The van der Waals surface area contributed by atoms with Crippen molar-refractivity contribution in [3.8, 4) is 5.69 Å². The molecule has 0 saturated heterocycles. The van der Waals surface area contributed by atoms with E-state index in [2.05, 4.69) is 65.1 Å². The van der Waals surface area contributed by atoms with Gasteiger partial charge in [0.15, 0.2) is 0 Å². The molecule has 1 heterocycles. The summed E-state index contributed by atoms with van der Waals surface area (Å²) < 4.78 is 4.86. The van der Waals surface area contributed by atoms with Gasteiger partial charge in [-0.2, -0.15) is 5.10 Å². The zero-order valence-electron chi connectivity index (χ0n) is 9.75. The molecule has 0 spiro atoms. The van der Waals surface area contributed by atoms with Gasteiger partial charge in [0.2, 0.25) is 0 Å². The third-order valence-electron chi connectivity index (χ3n) is 2.41. The average Bonchev–Trinajstić information content (AvgIpc) is 2.73. The van der Waals surface area contributed by atoms with Gasteiger partial charge in [0.25, 0.3) is 0 Å². The van der Waals surface area contributed by atoms with Crippen LogP contribution in [0.5, 0.6) is 0 Å². The van der Waals surface area contributed by atoms with Crippen molar-refractivity contribution in [3.63, 3.8) is 0 Å². The molecule has 0 aliphatic heterocycles. The summed E-state index contributed by atoms with van der Waals surface area (Å²) in [5, 5.41) is 7.81. The van der Waals surface area contributed by atoms with E-state index >= 15 is 0 Å². The summed E-state index contributed by atoms with van der Waals surface area (Å²) >= 11 is 10.6. The van der Waals surface area contributed by atoms with Crippen LogP contribution in [0, 0.1) is 0 Å². The number of nitrogens with one attached hydrogen (secondary N) is 1. The van der Waals surface area contributed by atoms with Crippen LogP contribution in [0.4, 0.5) is 0 Å². The van der Waals surface area contributed by atoms with Gasteiger partial charge >= 0.3 is 0 Å². The Morgan fingerprint density at radius 2 is 1.89 bits per heavy atom. The summed E-state index contributed by atoms with van der Waals surface area (Å²) in [6, 6.07) is 6.03. The van der Waals surface area contributed by atoms with Gasteiger partial charge in [-0.1, -0.05) is 22.9 Å². The van der Waals surface area contributed by atoms with Crippen LogP contribution in [0.2, 0.25) is 0 Å². The highest BCUT2D eigenvalue weighted by atomic mass is 79.9. The molecule has 1 aromatic heterocycles. The molecule has 0 aliphatic rings. The Morgan fingerprint density at radius 3 is 2.50 bits per heavy atom. The SMILES string of the molecule is CCNCc1ccn(-c2c(Br)cc(Br)cc2Br)n1. The molecule has 2 rings (SSSR count). The minimum absolute atomic E-state index is 0.787. The fourth-order valence-corrected chi connectivity index (χ4v) is 4.21. The quantitative estimate of drug-likeness (QED) is 0.774. The Kier molecular flexibility index (Phi) is 5.00. The lowest BCUT2D eigenvalue weighted by Gasteiger charge is -2.08. The summed E-state index contributed by atoms with van der Waals surface area (Å²) in [5.41, 5.74) is 2.03. The second-order valence-electron chi connectivity index (χ2n) is 3.75. The third-order valence-corrected chi connectivity index (χ3v) is 4.08. The summed E-state index contributed by atoms with van der Waals surface area (Å²) in [6.45, 7) is 3.81. The van der Waals surface area contributed by atoms with Crippen molar-refractivity contribution >= 4 is 47.8 Å². The highest BCUT2D eigenvalue weighted by molar-refractivity contribution is 9.11. The van der Waals surface area contributed by atoms with E-state index in [1.165, 1.54) is 0 Å². The first kappa shape index (κ1) is 14.2. The predicted octanol–water partition coefficient (Wildman–Crippen LogP) is 4.27. The van der Waals surface area contributed by atoms with Gasteiger partial charge in [-0.15, -0.1) is 0 Å². The molecule has 0 saturated carbocycles. The van der Waals surface area contributed by atoms with Gasteiger partial charge in [-0.25, -0.2) is 4.68 Å². The van der Waals surface area contributed by atoms with E-state index in [0.717, 1.165) is 37.9 Å². The standard InChI is InChI=1S/C12H12Br3N3/c1-2-16-7-9-3-4-18(17-9)12-10(14)5-8(13)6-11(12)15/h3-6,16H,2,7H2,1H3. The molecule has 6 heteroatoms. The fourth-order valence-electron chi connectivity index (χ4n) is 1.59. The van der Waals surface area contributed by atoms with Crippen LogP contribution in [-0.4, -0.2) is 16.3 Å². The lowest BCUT2D eigenvalue weighted by atomic mass is 10.3. The van der Waals surface area contributed by atoms with Crippen LogP contribution in [0.15, 0.2) is 37.8 Å². The van der Waals surface area contributed by atoms with E-state index in [-0.39, 0.29) is 0 Å². The fraction of sp³-hybridized carbons (Fsp3) is 0.250. The van der Waals surface area contributed by atoms with Crippen molar-refractivity contribution in [2.45, 2.75) is 13.5 Å². The third kappa shape index (κ3) is 3.23. The number of rotatable bonds is 4. The summed E-state index contributed by atoms with van der Waals surface area (Å²) in [6.07, 6.45) is 1.96. The lowest BCUT2D eigenvalue weighted by molar-refractivity contribution is 0.696. The average molecular weight is 438 g/mol. The van der Waals surface area contributed by atoms with Crippen LogP contribution in [0.25, 0.3) is 5.69 Å². The number of benzene rings is 1. The van der Waals surface area contributed by atoms with Gasteiger partial charge in [0, 0.05) is 26.2 Å². The molecule has 0 bridgehead atoms. The maximum absolute atomic E-state index is 4.55. The Labute approximate surface area is 131 Å². The highest BCUT2D eigenvalue weighted by Crippen LogP contribution is 2.32.